The summed E-state index contributed by atoms with van der Waals surface area (Å²) in [6.45, 7) is 1.05. The van der Waals surface area contributed by atoms with Crippen LogP contribution in [0.4, 0.5) is 0 Å². The first-order valence-electron chi connectivity index (χ1n) is 7.71. The van der Waals surface area contributed by atoms with Crippen LogP contribution in [0.2, 0.25) is 0 Å². The van der Waals surface area contributed by atoms with E-state index in [1.165, 1.54) is 11.8 Å². The molecule has 0 spiro atoms. The molecule has 2 aromatic rings. The molecule has 1 saturated heterocycles. The average Bonchev–Trinajstić information content (AvgIpc) is 3.15. The first-order valence-corrected chi connectivity index (χ1v) is 8.69. The van der Waals surface area contributed by atoms with E-state index < -0.39 is 0 Å². The van der Waals surface area contributed by atoms with Gasteiger partial charge in [-0.3, -0.25) is 0 Å². The van der Waals surface area contributed by atoms with E-state index in [1.54, 1.807) is 33.5 Å². The molecular formula is C16H20N2O6S. The van der Waals surface area contributed by atoms with Gasteiger partial charge in [-0.1, -0.05) is 11.8 Å². The van der Waals surface area contributed by atoms with Crippen LogP contribution in [0.15, 0.2) is 21.8 Å². The number of ether oxygens (including phenoxy) is 5. The molecule has 3 rings (SSSR count). The van der Waals surface area contributed by atoms with E-state index in [0.717, 1.165) is 12.2 Å². The van der Waals surface area contributed by atoms with Crippen LogP contribution in [0.5, 0.6) is 17.2 Å². The smallest absolute Gasteiger partial charge is 0.276 e. The fourth-order valence-corrected chi connectivity index (χ4v) is 3.21. The number of aromatic nitrogens is 2. The molecule has 9 heteroatoms. The molecule has 1 atom stereocenters. The summed E-state index contributed by atoms with van der Waals surface area (Å²) in [6, 6.07) is 3.54. The van der Waals surface area contributed by atoms with E-state index in [1.807, 2.05) is 0 Å². The largest absolute Gasteiger partial charge is 0.493 e. The van der Waals surface area contributed by atoms with Crippen molar-refractivity contribution >= 4 is 11.8 Å². The van der Waals surface area contributed by atoms with E-state index in [2.05, 4.69) is 10.2 Å². The van der Waals surface area contributed by atoms with Crippen LogP contribution in [0.1, 0.15) is 6.42 Å². The Morgan fingerprint density at radius 2 is 1.88 bits per heavy atom. The standard InChI is InChI=1S/C16H20N2O6S/c1-19-12-6-10(7-13(20-2)14(12)21-3)15-17-18-16(24-15)25-8-11-4-5-22-9-23-11/h6-7,11H,4-5,8-9H2,1-3H3/t11-/m1/s1. The minimum Gasteiger partial charge on any atom is -0.493 e. The Morgan fingerprint density at radius 1 is 1.12 bits per heavy atom. The highest BCUT2D eigenvalue weighted by molar-refractivity contribution is 7.99. The summed E-state index contributed by atoms with van der Waals surface area (Å²) in [5, 5.41) is 8.66. The van der Waals surface area contributed by atoms with Gasteiger partial charge in [-0.25, -0.2) is 0 Å². The lowest BCUT2D eigenvalue weighted by Crippen LogP contribution is -2.25. The summed E-state index contributed by atoms with van der Waals surface area (Å²) in [4.78, 5) is 0. The van der Waals surface area contributed by atoms with Crippen molar-refractivity contribution in [1.82, 2.24) is 10.2 Å². The third-order valence-corrected chi connectivity index (χ3v) is 4.63. The van der Waals surface area contributed by atoms with Gasteiger partial charge in [0.2, 0.25) is 11.6 Å². The number of hydrogen-bond acceptors (Lipinski definition) is 9. The molecule has 0 radical (unpaired) electrons. The summed E-state index contributed by atoms with van der Waals surface area (Å²) >= 11 is 1.46. The van der Waals surface area contributed by atoms with Crippen molar-refractivity contribution in [1.29, 1.82) is 0 Å². The third-order valence-electron chi connectivity index (χ3n) is 3.68. The van der Waals surface area contributed by atoms with Gasteiger partial charge in [-0.05, 0) is 18.6 Å². The summed E-state index contributed by atoms with van der Waals surface area (Å²) in [5.74, 6) is 2.69. The van der Waals surface area contributed by atoms with Crippen molar-refractivity contribution in [2.45, 2.75) is 17.7 Å². The molecule has 1 fully saturated rings. The molecular weight excluding hydrogens is 348 g/mol. The second kappa shape index (κ2) is 8.41. The Balaban J connectivity index is 1.74. The van der Waals surface area contributed by atoms with Crippen LogP contribution in [0, 0.1) is 0 Å². The number of thioether (sulfide) groups is 1. The molecule has 0 aliphatic carbocycles. The second-order valence-electron chi connectivity index (χ2n) is 5.20. The monoisotopic (exact) mass is 368 g/mol. The van der Waals surface area contributed by atoms with Crippen molar-refractivity contribution in [2.75, 3.05) is 40.5 Å². The van der Waals surface area contributed by atoms with Crippen LogP contribution in [-0.4, -0.2) is 56.8 Å². The molecule has 0 saturated carbocycles. The molecule has 1 aliphatic rings. The molecule has 8 nitrogen and oxygen atoms in total. The lowest BCUT2D eigenvalue weighted by Gasteiger charge is -2.21. The van der Waals surface area contributed by atoms with Crippen LogP contribution < -0.4 is 14.2 Å². The number of nitrogens with zero attached hydrogens (tertiary/aromatic N) is 2. The SMILES string of the molecule is COc1cc(-c2nnc(SC[C@H]3CCOCO3)o2)cc(OC)c1OC. The van der Waals surface area contributed by atoms with Crippen LogP contribution in [-0.2, 0) is 9.47 Å². The maximum absolute atomic E-state index is 5.74. The number of hydrogen-bond donors (Lipinski definition) is 0. The first-order chi connectivity index (χ1) is 12.2. The molecule has 0 N–H and O–H groups in total. The van der Waals surface area contributed by atoms with Crippen molar-refractivity contribution in [2.24, 2.45) is 0 Å². The molecule has 1 aromatic heterocycles. The maximum atomic E-state index is 5.74. The Labute approximate surface area is 149 Å². The molecule has 0 bridgehead atoms. The summed E-state index contributed by atoms with van der Waals surface area (Å²) < 4.78 is 32.4. The number of methoxy groups -OCH3 is 3. The lowest BCUT2D eigenvalue weighted by atomic mass is 10.2. The highest BCUT2D eigenvalue weighted by atomic mass is 32.2. The van der Waals surface area contributed by atoms with Gasteiger partial charge in [-0.2, -0.15) is 0 Å². The van der Waals surface area contributed by atoms with Gasteiger partial charge in [0.05, 0.1) is 34.0 Å². The quantitative estimate of drug-likeness (QED) is 0.685. The van der Waals surface area contributed by atoms with Crippen molar-refractivity contribution in [3.8, 4) is 28.7 Å². The van der Waals surface area contributed by atoms with E-state index in [9.17, 15) is 0 Å². The summed E-state index contributed by atoms with van der Waals surface area (Å²) in [7, 11) is 4.67. The minimum absolute atomic E-state index is 0.135. The van der Waals surface area contributed by atoms with Gasteiger partial charge in [0.15, 0.2) is 11.5 Å². The minimum atomic E-state index is 0.135. The van der Waals surface area contributed by atoms with E-state index in [4.69, 9.17) is 28.1 Å². The van der Waals surface area contributed by atoms with E-state index >= 15 is 0 Å². The van der Waals surface area contributed by atoms with Crippen LogP contribution in [0.3, 0.4) is 0 Å². The lowest BCUT2D eigenvalue weighted by molar-refractivity contribution is -0.130. The zero-order valence-corrected chi connectivity index (χ0v) is 15.1. The predicted octanol–water partition coefficient (Wildman–Crippen LogP) is 2.62. The first kappa shape index (κ1) is 17.8. The highest BCUT2D eigenvalue weighted by Crippen LogP contribution is 2.41. The van der Waals surface area contributed by atoms with Gasteiger partial charge in [0.1, 0.15) is 6.79 Å². The molecule has 1 aromatic carbocycles. The zero-order valence-electron chi connectivity index (χ0n) is 14.3. The van der Waals surface area contributed by atoms with Gasteiger partial charge in [0.25, 0.3) is 5.22 Å². The Bertz CT molecular complexity index is 677. The normalized spacial score (nSPS) is 17.3. The Morgan fingerprint density at radius 3 is 2.48 bits per heavy atom. The van der Waals surface area contributed by atoms with E-state index in [-0.39, 0.29) is 6.10 Å². The zero-order chi connectivity index (χ0) is 17.6. The van der Waals surface area contributed by atoms with Crippen LogP contribution in [0.25, 0.3) is 11.5 Å². The van der Waals surface area contributed by atoms with Gasteiger partial charge >= 0.3 is 0 Å². The topological polar surface area (TPSA) is 85.1 Å². The Hall–Kier alpha value is -1.97. The predicted molar refractivity (Wildman–Crippen MR) is 90.4 cm³/mol. The van der Waals surface area contributed by atoms with Gasteiger partial charge in [0, 0.05) is 11.3 Å². The third kappa shape index (κ3) is 4.17. The van der Waals surface area contributed by atoms with Crippen LogP contribution >= 0.6 is 11.8 Å². The van der Waals surface area contributed by atoms with E-state index in [0.29, 0.717) is 47.3 Å². The second-order valence-corrected chi connectivity index (χ2v) is 6.17. The van der Waals surface area contributed by atoms with Gasteiger partial charge in [-0.15, -0.1) is 10.2 Å². The molecule has 0 unspecified atom stereocenters. The summed E-state index contributed by atoms with van der Waals surface area (Å²) in [5.41, 5.74) is 0.691. The summed E-state index contributed by atoms with van der Waals surface area (Å²) in [6.07, 6.45) is 0.996. The number of rotatable bonds is 7. The van der Waals surface area contributed by atoms with Gasteiger partial charge < -0.3 is 28.1 Å². The fourth-order valence-electron chi connectivity index (χ4n) is 2.39. The molecule has 2 heterocycles. The van der Waals surface area contributed by atoms with Crippen molar-refractivity contribution in [3.05, 3.63) is 12.1 Å². The fraction of sp³-hybridized carbons (Fsp3) is 0.500. The number of benzene rings is 1. The van der Waals surface area contributed by atoms with Crippen molar-refractivity contribution in [3.63, 3.8) is 0 Å². The van der Waals surface area contributed by atoms with Crippen molar-refractivity contribution < 1.29 is 28.1 Å². The highest BCUT2D eigenvalue weighted by Gasteiger charge is 2.19. The molecule has 1 aliphatic heterocycles. The molecule has 25 heavy (non-hydrogen) atoms. The molecule has 136 valence electrons. The Kier molecular flexibility index (Phi) is 6.00. The maximum Gasteiger partial charge on any atom is 0.276 e. The molecule has 0 amide bonds. The average molecular weight is 368 g/mol.